The second-order valence-corrected chi connectivity index (χ2v) is 9.40. The van der Waals surface area contributed by atoms with Crippen LogP contribution in [0.25, 0.3) is 0 Å². The van der Waals surface area contributed by atoms with Crippen molar-refractivity contribution in [1.82, 2.24) is 14.6 Å². The van der Waals surface area contributed by atoms with Crippen LogP contribution in [0.5, 0.6) is 0 Å². The molecule has 11 heteroatoms. The van der Waals surface area contributed by atoms with Gasteiger partial charge in [0.05, 0.1) is 5.69 Å². The van der Waals surface area contributed by atoms with Crippen molar-refractivity contribution in [2.75, 3.05) is 5.73 Å². The van der Waals surface area contributed by atoms with Gasteiger partial charge in [-0.2, -0.15) is 4.37 Å². The lowest BCUT2D eigenvalue weighted by Gasteiger charge is -2.30. The molecule has 0 bridgehead atoms. The first-order chi connectivity index (χ1) is 17.8. The van der Waals surface area contributed by atoms with Crippen LogP contribution in [0.1, 0.15) is 48.8 Å². The van der Waals surface area contributed by atoms with E-state index in [1.165, 1.54) is 4.90 Å². The lowest BCUT2D eigenvalue weighted by Crippen LogP contribution is -2.43. The molecule has 0 fully saturated rings. The van der Waals surface area contributed by atoms with Gasteiger partial charge >= 0.3 is 0 Å². The van der Waals surface area contributed by atoms with Crippen LogP contribution in [0, 0.1) is 6.92 Å². The molecule has 0 saturated carbocycles. The number of aryl methyl sites for hydroxylation is 1. The summed E-state index contributed by atoms with van der Waals surface area (Å²) in [5.41, 5.74) is 12.5. The summed E-state index contributed by atoms with van der Waals surface area (Å²) in [6, 6.07) is 18.5. The number of hydrogen-bond donors (Lipinski definition) is 3. The van der Waals surface area contributed by atoms with E-state index in [2.05, 4.69) is 9.69 Å². The summed E-state index contributed by atoms with van der Waals surface area (Å²) in [7, 11) is 0. The molecule has 1 unspecified atom stereocenters. The number of rotatable bonds is 9. The first kappa shape index (κ1) is 25.9. The number of amides is 3. The average Bonchev–Trinajstić information content (AvgIpc) is 3.49. The van der Waals surface area contributed by atoms with Crippen LogP contribution in [0.4, 0.5) is 5.69 Å². The Kier molecular flexibility index (Phi) is 7.90. The highest BCUT2D eigenvalue weighted by Gasteiger charge is 2.37. The zero-order valence-electron chi connectivity index (χ0n) is 19.8. The first-order valence-electron chi connectivity index (χ1n) is 11.2. The van der Waals surface area contributed by atoms with E-state index in [0.717, 1.165) is 17.1 Å². The quantitative estimate of drug-likeness (QED) is 0.293. The SMILES string of the molecule is Cc1ccc(C(C(=O)NCc2ccccc2)N(Cc2ccccc2Cl)C(=O)c2snc(C(N)=O)c2N)o1. The van der Waals surface area contributed by atoms with Crippen LogP contribution in [0.3, 0.4) is 0 Å². The summed E-state index contributed by atoms with van der Waals surface area (Å²) in [6.45, 7) is 1.92. The molecule has 4 rings (SSSR count). The Labute approximate surface area is 222 Å². The molecule has 0 aliphatic carbocycles. The molecule has 4 aromatic rings. The molecule has 2 aromatic carbocycles. The third-order valence-electron chi connectivity index (χ3n) is 5.62. The van der Waals surface area contributed by atoms with Crippen LogP contribution >= 0.6 is 23.1 Å². The Balaban J connectivity index is 1.77. The summed E-state index contributed by atoms with van der Waals surface area (Å²) in [6.07, 6.45) is 0. The topological polar surface area (TPSA) is 145 Å². The molecule has 2 aromatic heterocycles. The van der Waals surface area contributed by atoms with Gasteiger partial charge in [0.1, 0.15) is 16.4 Å². The Bertz CT molecular complexity index is 1440. The maximum atomic E-state index is 13.9. The number of carbonyl (C=O) groups excluding carboxylic acids is 3. The summed E-state index contributed by atoms with van der Waals surface area (Å²) in [5.74, 6) is -1.14. The normalized spacial score (nSPS) is 11.6. The molecule has 5 N–H and O–H groups in total. The van der Waals surface area contributed by atoms with Crippen LogP contribution in [0.15, 0.2) is 71.1 Å². The van der Waals surface area contributed by atoms with E-state index in [4.69, 9.17) is 27.5 Å². The van der Waals surface area contributed by atoms with Gasteiger partial charge in [-0.05, 0) is 47.8 Å². The van der Waals surface area contributed by atoms with Gasteiger partial charge in [-0.1, -0.05) is 60.1 Å². The molecule has 37 heavy (non-hydrogen) atoms. The average molecular weight is 538 g/mol. The summed E-state index contributed by atoms with van der Waals surface area (Å²) in [5, 5.41) is 3.30. The van der Waals surface area contributed by atoms with Crippen LogP contribution in [-0.2, 0) is 17.9 Å². The molecular weight excluding hydrogens is 514 g/mol. The van der Waals surface area contributed by atoms with Crippen molar-refractivity contribution in [3.05, 3.63) is 105 Å². The maximum Gasteiger partial charge on any atom is 0.270 e. The summed E-state index contributed by atoms with van der Waals surface area (Å²) >= 11 is 7.15. The van der Waals surface area contributed by atoms with Crippen molar-refractivity contribution in [2.24, 2.45) is 5.73 Å². The highest BCUT2D eigenvalue weighted by Crippen LogP contribution is 2.32. The molecule has 0 radical (unpaired) electrons. The van der Waals surface area contributed by atoms with Gasteiger partial charge in [0.2, 0.25) is 0 Å². The maximum absolute atomic E-state index is 13.9. The first-order valence-corrected chi connectivity index (χ1v) is 12.4. The Hall–Kier alpha value is -4.15. The highest BCUT2D eigenvalue weighted by atomic mass is 35.5. The largest absolute Gasteiger partial charge is 0.464 e. The van der Waals surface area contributed by atoms with Gasteiger partial charge in [0.25, 0.3) is 17.7 Å². The van der Waals surface area contributed by atoms with E-state index >= 15 is 0 Å². The fraction of sp³-hybridized carbons (Fsp3) is 0.154. The fourth-order valence-electron chi connectivity index (χ4n) is 3.76. The third kappa shape index (κ3) is 5.82. The molecule has 9 nitrogen and oxygen atoms in total. The van der Waals surface area contributed by atoms with Gasteiger partial charge < -0.3 is 26.1 Å². The Morgan fingerprint density at radius 3 is 2.41 bits per heavy atom. The number of nitrogen functional groups attached to an aromatic ring is 1. The van der Waals surface area contributed by atoms with Crippen molar-refractivity contribution in [1.29, 1.82) is 0 Å². The molecular formula is C26H24ClN5O4S. The van der Waals surface area contributed by atoms with Crippen molar-refractivity contribution in [3.8, 4) is 0 Å². The van der Waals surface area contributed by atoms with E-state index in [1.54, 1.807) is 43.3 Å². The van der Waals surface area contributed by atoms with Crippen molar-refractivity contribution in [2.45, 2.75) is 26.1 Å². The number of nitrogens with two attached hydrogens (primary N) is 2. The molecule has 190 valence electrons. The van der Waals surface area contributed by atoms with Gasteiger partial charge in [-0.25, -0.2) is 0 Å². The number of nitrogens with zero attached hydrogens (tertiary/aromatic N) is 2. The number of primary amides is 1. The summed E-state index contributed by atoms with van der Waals surface area (Å²) < 4.78 is 9.77. The lowest BCUT2D eigenvalue weighted by molar-refractivity contribution is -0.126. The zero-order chi connectivity index (χ0) is 26.5. The second kappa shape index (κ2) is 11.3. The van der Waals surface area contributed by atoms with Crippen molar-refractivity contribution in [3.63, 3.8) is 0 Å². The van der Waals surface area contributed by atoms with E-state index in [9.17, 15) is 14.4 Å². The van der Waals surface area contributed by atoms with E-state index in [0.29, 0.717) is 16.3 Å². The minimum atomic E-state index is -1.18. The third-order valence-corrected chi connectivity index (χ3v) is 6.83. The van der Waals surface area contributed by atoms with Crippen molar-refractivity contribution < 1.29 is 18.8 Å². The zero-order valence-corrected chi connectivity index (χ0v) is 21.4. The smallest absolute Gasteiger partial charge is 0.270 e. The Morgan fingerprint density at radius 2 is 1.78 bits per heavy atom. The fourth-order valence-corrected chi connectivity index (χ4v) is 4.71. The van der Waals surface area contributed by atoms with Gasteiger partial charge in [-0.15, -0.1) is 0 Å². The summed E-state index contributed by atoms with van der Waals surface area (Å²) in [4.78, 5) is 40.6. The monoisotopic (exact) mass is 537 g/mol. The van der Waals surface area contributed by atoms with Crippen LogP contribution < -0.4 is 16.8 Å². The molecule has 3 amide bonds. The number of furan rings is 1. The molecule has 0 aliphatic rings. The Morgan fingerprint density at radius 1 is 1.08 bits per heavy atom. The molecule has 2 heterocycles. The van der Waals surface area contributed by atoms with Gasteiger partial charge in [0, 0.05) is 18.1 Å². The van der Waals surface area contributed by atoms with Crippen LogP contribution in [-0.4, -0.2) is 27.0 Å². The number of anilines is 1. The number of benzene rings is 2. The van der Waals surface area contributed by atoms with E-state index in [1.807, 2.05) is 30.3 Å². The number of aromatic nitrogens is 1. The molecule has 1 atom stereocenters. The lowest BCUT2D eigenvalue weighted by atomic mass is 10.1. The highest BCUT2D eigenvalue weighted by molar-refractivity contribution is 7.09. The van der Waals surface area contributed by atoms with Gasteiger partial charge in [0.15, 0.2) is 11.7 Å². The van der Waals surface area contributed by atoms with E-state index < -0.39 is 23.8 Å². The van der Waals surface area contributed by atoms with Crippen molar-refractivity contribution >= 4 is 46.5 Å². The van der Waals surface area contributed by atoms with E-state index in [-0.39, 0.29) is 35.1 Å². The predicted octanol–water partition coefficient (Wildman–Crippen LogP) is 4.08. The molecule has 0 spiro atoms. The number of halogens is 1. The second-order valence-electron chi connectivity index (χ2n) is 8.22. The minimum absolute atomic E-state index is 0.0232. The molecule has 0 saturated heterocycles. The number of carbonyl (C=O) groups is 3. The predicted molar refractivity (Wildman–Crippen MR) is 141 cm³/mol. The molecule has 0 aliphatic heterocycles. The number of nitrogens with one attached hydrogen (secondary N) is 1. The van der Waals surface area contributed by atoms with Gasteiger partial charge in [-0.3, -0.25) is 14.4 Å². The van der Waals surface area contributed by atoms with Crippen LogP contribution in [0.2, 0.25) is 5.02 Å². The number of hydrogen-bond acceptors (Lipinski definition) is 7. The standard InChI is InChI=1S/C26H24ClN5O4S/c1-15-11-12-19(36-15)22(25(34)30-13-16-7-3-2-4-8-16)32(14-17-9-5-6-10-18(17)27)26(35)23-20(28)21(24(29)33)31-37-23/h2-12,22H,13-14,28H2,1H3,(H2,29,33)(H,30,34). The minimum Gasteiger partial charge on any atom is -0.464 e.